The topological polar surface area (TPSA) is 92.1 Å². The Kier molecular flexibility index (Phi) is 7.53. The first kappa shape index (κ1) is 21.9. The van der Waals surface area contributed by atoms with Crippen LogP contribution in [0.15, 0.2) is 53.2 Å². The molecule has 2 aromatic rings. The molecule has 2 heterocycles. The van der Waals surface area contributed by atoms with E-state index < -0.39 is 10.0 Å². The fourth-order valence-corrected chi connectivity index (χ4v) is 4.70. The summed E-state index contributed by atoms with van der Waals surface area (Å²) in [5.41, 5.74) is 1.05. The number of ether oxygens (including phenoxy) is 1. The van der Waals surface area contributed by atoms with Crippen molar-refractivity contribution < 1.29 is 22.4 Å². The van der Waals surface area contributed by atoms with Crippen molar-refractivity contribution in [1.82, 2.24) is 9.62 Å². The summed E-state index contributed by atoms with van der Waals surface area (Å²) >= 11 is 0. The lowest BCUT2D eigenvalue weighted by atomic mass is 10.2. The van der Waals surface area contributed by atoms with Crippen molar-refractivity contribution in [1.29, 1.82) is 0 Å². The van der Waals surface area contributed by atoms with Crippen molar-refractivity contribution in [3.8, 4) is 5.75 Å². The fourth-order valence-electron chi connectivity index (χ4n) is 3.22. The van der Waals surface area contributed by atoms with Crippen LogP contribution in [-0.4, -0.2) is 64.2 Å². The van der Waals surface area contributed by atoms with Gasteiger partial charge in [0.15, 0.2) is 0 Å². The van der Waals surface area contributed by atoms with Crippen LogP contribution in [0.3, 0.4) is 0 Å². The number of carbonyl (C=O) groups is 1. The number of hydrogen-bond donors (Lipinski definition) is 1. The van der Waals surface area contributed by atoms with Crippen molar-refractivity contribution in [2.75, 3.05) is 50.5 Å². The third-order valence-electron chi connectivity index (χ3n) is 4.89. The molecule has 0 bridgehead atoms. The van der Waals surface area contributed by atoms with E-state index in [0.717, 1.165) is 11.4 Å². The van der Waals surface area contributed by atoms with Crippen LogP contribution in [0.1, 0.15) is 12.2 Å². The molecule has 8 nitrogen and oxygen atoms in total. The van der Waals surface area contributed by atoms with Crippen LogP contribution in [0.4, 0.5) is 5.69 Å². The number of amides is 1. The zero-order chi connectivity index (χ0) is 21.4. The van der Waals surface area contributed by atoms with Crippen LogP contribution in [0.5, 0.6) is 5.75 Å². The van der Waals surface area contributed by atoms with Gasteiger partial charge in [-0.25, -0.2) is 8.42 Å². The molecule has 0 aliphatic carbocycles. The van der Waals surface area contributed by atoms with E-state index in [4.69, 9.17) is 9.15 Å². The Labute approximate surface area is 177 Å². The van der Waals surface area contributed by atoms with E-state index in [0.29, 0.717) is 44.9 Å². The third-order valence-corrected chi connectivity index (χ3v) is 6.85. The summed E-state index contributed by atoms with van der Waals surface area (Å²) in [6.07, 6.45) is 4.82. The number of nitrogens with zero attached hydrogens (tertiary/aromatic N) is 2. The molecule has 0 saturated carbocycles. The van der Waals surface area contributed by atoms with Crippen LogP contribution in [0, 0.1) is 0 Å². The Bertz CT molecular complexity index is 932. The van der Waals surface area contributed by atoms with Crippen LogP contribution in [0.2, 0.25) is 0 Å². The van der Waals surface area contributed by atoms with E-state index in [2.05, 4.69) is 10.2 Å². The molecule has 1 aliphatic rings. The lowest BCUT2D eigenvalue weighted by molar-refractivity contribution is -0.116. The Hall–Kier alpha value is -2.78. The second kappa shape index (κ2) is 10.3. The van der Waals surface area contributed by atoms with Gasteiger partial charge in [-0.3, -0.25) is 4.79 Å². The monoisotopic (exact) mass is 433 g/mol. The number of sulfonamides is 1. The standard InChI is InChI=1S/C21H27N3O5S/c1-28-19-7-5-18(6-8-19)23-12-14-24(15-13-23)30(26,27)17-3-11-22-21(25)10-9-20-4-2-16-29-20/h2,4-10,16H,3,11-15,17H2,1H3,(H,22,25)/b10-9+. The summed E-state index contributed by atoms with van der Waals surface area (Å²) < 4.78 is 37.0. The number of benzene rings is 1. The number of piperazine rings is 1. The third kappa shape index (κ3) is 6.11. The molecule has 30 heavy (non-hydrogen) atoms. The lowest BCUT2D eigenvalue weighted by Gasteiger charge is -2.35. The van der Waals surface area contributed by atoms with Crippen LogP contribution < -0.4 is 15.0 Å². The highest BCUT2D eigenvalue weighted by molar-refractivity contribution is 7.89. The first-order valence-corrected chi connectivity index (χ1v) is 11.4. The molecule has 0 unspecified atom stereocenters. The predicted molar refractivity (Wildman–Crippen MR) is 116 cm³/mol. The average Bonchev–Trinajstić information content (AvgIpc) is 3.29. The molecular weight excluding hydrogens is 406 g/mol. The molecule has 1 aromatic carbocycles. The van der Waals surface area contributed by atoms with Gasteiger partial charge in [0.2, 0.25) is 15.9 Å². The molecule has 3 rings (SSSR count). The maximum atomic E-state index is 12.6. The molecule has 0 atom stereocenters. The van der Waals surface area contributed by atoms with E-state index in [1.165, 1.54) is 16.6 Å². The molecule has 0 radical (unpaired) electrons. The van der Waals surface area contributed by atoms with Gasteiger partial charge in [0.25, 0.3) is 0 Å². The van der Waals surface area contributed by atoms with Crippen molar-refractivity contribution in [2.24, 2.45) is 0 Å². The molecule has 1 aromatic heterocycles. The van der Waals surface area contributed by atoms with Crippen LogP contribution in [-0.2, 0) is 14.8 Å². The maximum absolute atomic E-state index is 12.6. The van der Waals surface area contributed by atoms with Gasteiger partial charge in [-0.05, 0) is 48.9 Å². The van der Waals surface area contributed by atoms with E-state index in [-0.39, 0.29) is 11.7 Å². The van der Waals surface area contributed by atoms with Crippen LogP contribution in [0.25, 0.3) is 6.08 Å². The van der Waals surface area contributed by atoms with E-state index >= 15 is 0 Å². The summed E-state index contributed by atoms with van der Waals surface area (Å²) in [6.45, 7) is 2.48. The largest absolute Gasteiger partial charge is 0.497 e. The zero-order valence-electron chi connectivity index (χ0n) is 17.0. The average molecular weight is 434 g/mol. The smallest absolute Gasteiger partial charge is 0.244 e. The Balaban J connectivity index is 1.39. The molecule has 1 amide bonds. The van der Waals surface area contributed by atoms with Gasteiger partial charge >= 0.3 is 0 Å². The number of methoxy groups -OCH3 is 1. The lowest BCUT2D eigenvalue weighted by Crippen LogP contribution is -2.49. The number of carbonyl (C=O) groups excluding carboxylic acids is 1. The van der Waals surface area contributed by atoms with Crippen LogP contribution >= 0.6 is 0 Å². The quantitative estimate of drug-likeness (QED) is 0.480. The number of anilines is 1. The van der Waals surface area contributed by atoms with Crippen molar-refractivity contribution in [2.45, 2.75) is 6.42 Å². The van der Waals surface area contributed by atoms with Gasteiger partial charge in [0.1, 0.15) is 11.5 Å². The first-order valence-electron chi connectivity index (χ1n) is 9.84. The molecule has 1 aliphatic heterocycles. The molecule has 0 spiro atoms. The molecule has 1 saturated heterocycles. The molecule has 162 valence electrons. The number of nitrogens with one attached hydrogen (secondary N) is 1. The Morgan fingerprint density at radius 3 is 2.53 bits per heavy atom. The van der Waals surface area contributed by atoms with Gasteiger partial charge in [-0.1, -0.05) is 0 Å². The fraction of sp³-hybridized carbons (Fsp3) is 0.381. The molecular formula is C21H27N3O5S. The normalized spacial score (nSPS) is 15.4. The van der Waals surface area contributed by atoms with E-state index in [1.54, 1.807) is 25.3 Å². The van der Waals surface area contributed by atoms with Crippen molar-refractivity contribution >= 4 is 27.7 Å². The highest BCUT2D eigenvalue weighted by Crippen LogP contribution is 2.21. The summed E-state index contributed by atoms with van der Waals surface area (Å²) in [5, 5.41) is 2.69. The zero-order valence-corrected chi connectivity index (χ0v) is 17.8. The summed E-state index contributed by atoms with van der Waals surface area (Å²) in [6, 6.07) is 11.2. The second-order valence-electron chi connectivity index (χ2n) is 6.89. The maximum Gasteiger partial charge on any atom is 0.244 e. The summed E-state index contributed by atoms with van der Waals surface area (Å²) in [7, 11) is -1.72. The van der Waals surface area contributed by atoms with Gasteiger partial charge in [0, 0.05) is 44.5 Å². The molecule has 1 N–H and O–H groups in total. The highest BCUT2D eigenvalue weighted by Gasteiger charge is 2.26. The molecule has 1 fully saturated rings. The van der Waals surface area contributed by atoms with Crippen molar-refractivity contribution in [3.05, 3.63) is 54.5 Å². The Morgan fingerprint density at radius 2 is 1.90 bits per heavy atom. The predicted octanol–water partition coefficient (Wildman–Crippen LogP) is 1.96. The number of furan rings is 1. The summed E-state index contributed by atoms with van der Waals surface area (Å²) in [5.74, 6) is 1.11. The minimum absolute atomic E-state index is 0.0116. The first-order chi connectivity index (χ1) is 14.5. The molecule has 9 heteroatoms. The Morgan fingerprint density at radius 1 is 1.17 bits per heavy atom. The van der Waals surface area contributed by atoms with Gasteiger partial charge in [0.05, 0.1) is 19.1 Å². The van der Waals surface area contributed by atoms with Gasteiger partial charge in [-0.2, -0.15) is 4.31 Å². The van der Waals surface area contributed by atoms with Crippen molar-refractivity contribution in [3.63, 3.8) is 0 Å². The minimum Gasteiger partial charge on any atom is -0.497 e. The number of rotatable bonds is 9. The SMILES string of the molecule is COc1ccc(N2CCN(S(=O)(=O)CCCNC(=O)/C=C/c3ccco3)CC2)cc1. The minimum atomic E-state index is -3.34. The second-order valence-corrected chi connectivity index (χ2v) is 8.98. The van der Waals surface area contributed by atoms with E-state index in [9.17, 15) is 13.2 Å². The van der Waals surface area contributed by atoms with Gasteiger partial charge < -0.3 is 19.4 Å². The highest BCUT2D eigenvalue weighted by atomic mass is 32.2. The van der Waals surface area contributed by atoms with E-state index in [1.807, 2.05) is 24.3 Å². The summed E-state index contributed by atoms with van der Waals surface area (Å²) in [4.78, 5) is 13.9. The van der Waals surface area contributed by atoms with Gasteiger partial charge in [-0.15, -0.1) is 0 Å². The number of hydrogen-bond acceptors (Lipinski definition) is 6.